The summed E-state index contributed by atoms with van der Waals surface area (Å²) in [4.78, 5) is 16.8. The monoisotopic (exact) mass is 311 g/mol. The maximum Gasteiger partial charge on any atom is 0.225 e. The quantitative estimate of drug-likeness (QED) is 0.852. The number of halogens is 2. The minimum absolute atomic E-state index is 0. The van der Waals surface area contributed by atoms with Crippen molar-refractivity contribution < 1.29 is 4.79 Å². The highest BCUT2D eigenvalue weighted by atomic mass is 35.5. The molecule has 1 N–H and O–H groups in total. The zero-order valence-corrected chi connectivity index (χ0v) is 13.7. The van der Waals surface area contributed by atoms with Crippen molar-refractivity contribution in [2.24, 2.45) is 11.8 Å². The van der Waals surface area contributed by atoms with Gasteiger partial charge in [0.1, 0.15) is 0 Å². The van der Waals surface area contributed by atoms with Gasteiger partial charge in [0.15, 0.2) is 0 Å². The van der Waals surface area contributed by atoms with Gasteiger partial charge in [-0.3, -0.25) is 9.69 Å². The van der Waals surface area contributed by atoms with Crippen LogP contribution >= 0.6 is 24.8 Å². The molecule has 0 spiro atoms. The second-order valence-corrected chi connectivity index (χ2v) is 5.66. The fraction of sp³-hybridized carbons (Fsp3) is 0.923. The molecule has 0 saturated carbocycles. The summed E-state index contributed by atoms with van der Waals surface area (Å²) in [5.41, 5.74) is 0. The molecule has 4 nitrogen and oxygen atoms in total. The van der Waals surface area contributed by atoms with Gasteiger partial charge in [-0.15, -0.1) is 24.8 Å². The SMILES string of the molecule is CC(C(=O)N1CCN(C(C)C)CC1)C1CNC1.Cl.Cl. The Kier molecular flexibility index (Phi) is 8.29. The van der Waals surface area contributed by atoms with E-state index in [0.717, 1.165) is 39.3 Å². The van der Waals surface area contributed by atoms with E-state index < -0.39 is 0 Å². The zero-order valence-electron chi connectivity index (χ0n) is 12.1. The Bertz CT molecular complexity index is 277. The summed E-state index contributed by atoms with van der Waals surface area (Å²) in [6, 6.07) is 0.598. The molecule has 2 fully saturated rings. The predicted molar refractivity (Wildman–Crippen MR) is 83.3 cm³/mol. The van der Waals surface area contributed by atoms with Crippen LogP contribution in [0.3, 0.4) is 0 Å². The Morgan fingerprint density at radius 2 is 1.58 bits per heavy atom. The molecule has 0 radical (unpaired) electrons. The molecule has 2 saturated heterocycles. The molecule has 2 rings (SSSR count). The van der Waals surface area contributed by atoms with Crippen LogP contribution in [0.25, 0.3) is 0 Å². The molecule has 1 unspecified atom stereocenters. The van der Waals surface area contributed by atoms with Gasteiger partial charge in [-0.25, -0.2) is 0 Å². The standard InChI is InChI=1S/C13H25N3O.2ClH/c1-10(2)15-4-6-16(7-5-15)13(17)11(3)12-8-14-9-12;;/h10-12,14H,4-9H2,1-3H3;2*1H. The molecule has 114 valence electrons. The van der Waals surface area contributed by atoms with Crippen LogP contribution in [0.5, 0.6) is 0 Å². The number of carbonyl (C=O) groups excluding carboxylic acids is 1. The number of piperazine rings is 1. The summed E-state index contributed by atoms with van der Waals surface area (Å²) in [7, 11) is 0. The molecular formula is C13H27Cl2N3O. The van der Waals surface area contributed by atoms with E-state index >= 15 is 0 Å². The van der Waals surface area contributed by atoms with Gasteiger partial charge in [-0.1, -0.05) is 6.92 Å². The number of nitrogens with one attached hydrogen (secondary N) is 1. The minimum atomic E-state index is 0. The Morgan fingerprint density at radius 3 is 1.95 bits per heavy atom. The lowest BCUT2D eigenvalue weighted by atomic mass is 9.88. The van der Waals surface area contributed by atoms with Crippen molar-refractivity contribution in [2.45, 2.75) is 26.8 Å². The van der Waals surface area contributed by atoms with E-state index in [-0.39, 0.29) is 30.7 Å². The number of amides is 1. The molecule has 0 aromatic rings. The van der Waals surface area contributed by atoms with Gasteiger partial charge in [-0.05, 0) is 32.9 Å². The number of carbonyl (C=O) groups is 1. The fourth-order valence-corrected chi connectivity index (χ4v) is 2.61. The summed E-state index contributed by atoms with van der Waals surface area (Å²) in [6.07, 6.45) is 0. The molecule has 2 aliphatic rings. The van der Waals surface area contributed by atoms with Crippen LogP contribution in [0.4, 0.5) is 0 Å². The molecule has 19 heavy (non-hydrogen) atoms. The molecule has 1 amide bonds. The highest BCUT2D eigenvalue weighted by Crippen LogP contribution is 2.19. The van der Waals surface area contributed by atoms with Crippen LogP contribution in [0.1, 0.15) is 20.8 Å². The van der Waals surface area contributed by atoms with E-state index in [4.69, 9.17) is 0 Å². The van der Waals surface area contributed by atoms with Gasteiger partial charge in [-0.2, -0.15) is 0 Å². The lowest BCUT2D eigenvalue weighted by Gasteiger charge is -2.40. The van der Waals surface area contributed by atoms with Gasteiger partial charge in [0.25, 0.3) is 0 Å². The third kappa shape index (κ3) is 4.48. The van der Waals surface area contributed by atoms with Crippen molar-refractivity contribution in [1.29, 1.82) is 0 Å². The Morgan fingerprint density at radius 1 is 1.05 bits per heavy atom. The number of nitrogens with zero attached hydrogens (tertiary/aromatic N) is 2. The zero-order chi connectivity index (χ0) is 12.4. The molecule has 0 aromatic heterocycles. The topological polar surface area (TPSA) is 35.6 Å². The first-order valence-corrected chi connectivity index (χ1v) is 6.83. The van der Waals surface area contributed by atoms with Crippen molar-refractivity contribution in [3.63, 3.8) is 0 Å². The van der Waals surface area contributed by atoms with E-state index in [0.29, 0.717) is 17.9 Å². The molecule has 0 aliphatic carbocycles. The Balaban J connectivity index is 0.00000162. The van der Waals surface area contributed by atoms with Gasteiger partial charge < -0.3 is 10.2 Å². The predicted octanol–water partition coefficient (Wildman–Crippen LogP) is 1.24. The average molecular weight is 312 g/mol. The molecule has 2 heterocycles. The molecule has 6 heteroatoms. The van der Waals surface area contributed by atoms with Crippen molar-refractivity contribution >= 4 is 30.7 Å². The number of rotatable bonds is 3. The van der Waals surface area contributed by atoms with Crippen LogP contribution in [0.2, 0.25) is 0 Å². The average Bonchev–Trinajstić information content (AvgIpc) is 2.25. The van der Waals surface area contributed by atoms with Crippen LogP contribution in [-0.2, 0) is 4.79 Å². The lowest BCUT2D eigenvalue weighted by Crippen LogP contribution is -2.55. The van der Waals surface area contributed by atoms with Crippen molar-refractivity contribution in [1.82, 2.24) is 15.1 Å². The Hall–Kier alpha value is -0.0300. The van der Waals surface area contributed by atoms with E-state index in [1.807, 2.05) is 0 Å². The maximum absolute atomic E-state index is 12.3. The second-order valence-electron chi connectivity index (χ2n) is 5.66. The number of hydrogen-bond acceptors (Lipinski definition) is 3. The summed E-state index contributed by atoms with van der Waals surface area (Å²) < 4.78 is 0. The van der Waals surface area contributed by atoms with Gasteiger partial charge in [0, 0.05) is 38.1 Å². The molecule has 0 aromatic carbocycles. The van der Waals surface area contributed by atoms with E-state index in [9.17, 15) is 4.79 Å². The van der Waals surface area contributed by atoms with Crippen LogP contribution < -0.4 is 5.32 Å². The largest absolute Gasteiger partial charge is 0.340 e. The second kappa shape index (κ2) is 8.30. The van der Waals surface area contributed by atoms with Gasteiger partial charge in [0.05, 0.1) is 0 Å². The van der Waals surface area contributed by atoms with Crippen molar-refractivity contribution in [3.05, 3.63) is 0 Å². The summed E-state index contributed by atoms with van der Waals surface area (Å²) >= 11 is 0. The first kappa shape index (κ1) is 19.0. The van der Waals surface area contributed by atoms with Gasteiger partial charge >= 0.3 is 0 Å². The van der Waals surface area contributed by atoms with Crippen LogP contribution in [0.15, 0.2) is 0 Å². The fourth-order valence-electron chi connectivity index (χ4n) is 2.61. The summed E-state index contributed by atoms with van der Waals surface area (Å²) in [5.74, 6) is 1.12. The van der Waals surface area contributed by atoms with Gasteiger partial charge in [0.2, 0.25) is 5.91 Å². The summed E-state index contributed by atoms with van der Waals surface area (Å²) in [5, 5.41) is 3.24. The Labute approximate surface area is 129 Å². The highest BCUT2D eigenvalue weighted by Gasteiger charge is 2.32. The van der Waals surface area contributed by atoms with E-state index in [1.165, 1.54) is 0 Å². The lowest BCUT2D eigenvalue weighted by molar-refractivity contribution is -0.139. The van der Waals surface area contributed by atoms with E-state index in [2.05, 4.69) is 35.9 Å². The number of hydrogen-bond donors (Lipinski definition) is 1. The molecule has 1 atom stereocenters. The smallest absolute Gasteiger partial charge is 0.225 e. The van der Waals surface area contributed by atoms with E-state index in [1.54, 1.807) is 0 Å². The third-order valence-corrected chi connectivity index (χ3v) is 4.27. The maximum atomic E-state index is 12.3. The summed E-state index contributed by atoms with van der Waals surface area (Å²) in [6.45, 7) is 12.4. The normalized spacial score (nSPS) is 22.2. The highest BCUT2D eigenvalue weighted by molar-refractivity contribution is 5.85. The minimum Gasteiger partial charge on any atom is -0.340 e. The molecular weight excluding hydrogens is 285 g/mol. The molecule has 2 aliphatic heterocycles. The van der Waals surface area contributed by atoms with Crippen LogP contribution in [0, 0.1) is 11.8 Å². The first-order valence-electron chi connectivity index (χ1n) is 6.83. The third-order valence-electron chi connectivity index (χ3n) is 4.27. The van der Waals surface area contributed by atoms with Crippen molar-refractivity contribution in [3.8, 4) is 0 Å². The van der Waals surface area contributed by atoms with Crippen molar-refractivity contribution in [2.75, 3.05) is 39.3 Å². The first-order chi connectivity index (χ1) is 8.09. The molecule has 0 bridgehead atoms. The van der Waals surface area contributed by atoms with Crippen LogP contribution in [-0.4, -0.2) is 61.0 Å².